The summed E-state index contributed by atoms with van der Waals surface area (Å²) in [5.41, 5.74) is 4.23. The molecule has 8 heteroatoms. The average Bonchev–Trinajstić information content (AvgIpc) is 3.42. The SMILES string of the molecule is CCc1cc(OCCCCC2CCN(C(=O)C(O)c3cccc(-c4cnn(C)c4)c3)CC2)ccc1C(=O)N(C)C. The molecule has 3 aromatic rings. The summed E-state index contributed by atoms with van der Waals surface area (Å²) in [6.07, 6.45) is 8.37. The van der Waals surface area contributed by atoms with E-state index in [9.17, 15) is 14.7 Å². The van der Waals surface area contributed by atoms with Crippen molar-refractivity contribution < 1.29 is 19.4 Å². The van der Waals surface area contributed by atoms with Gasteiger partial charge >= 0.3 is 0 Å². The standard InChI is InChI=1S/C32H42N4O4/c1-5-24-20-28(12-13-29(24)31(38)34(2)3)40-18-7-6-9-23-14-16-36(17-15-23)32(39)30(37)26-11-8-10-25(19-26)27-21-33-35(4)22-27/h8,10-13,19-23,30,37H,5-7,9,14-18H2,1-4H3. The molecular formula is C32H42N4O4. The van der Waals surface area contributed by atoms with Crippen molar-refractivity contribution in [2.45, 2.75) is 51.6 Å². The summed E-state index contributed by atoms with van der Waals surface area (Å²) in [6.45, 7) is 4.05. The van der Waals surface area contributed by atoms with Crippen molar-refractivity contribution in [2.75, 3.05) is 33.8 Å². The van der Waals surface area contributed by atoms with Crippen LogP contribution in [0.25, 0.3) is 11.1 Å². The van der Waals surface area contributed by atoms with Crippen LogP contribution >= 0.6 is 0 Å². The number of benzene rings is 2. The maximum absolute atomic E-state index is 13.1. The van der Waals surface area contributed by atoms with Crippen LogP contribution in [-0.4, -0.2) is 70.3 Å². The van der Waals surface area contributed by atoms with Crippen molar-refractivity contribution in [1.82, 2.24) is 19.6 Å². The van der Waals surface area contributed by atoms with Crippen LogP contribution in [0.4, 0.5) is 0 Å². The van der Waals surface area contributed by atoms with Crippen molar-refractivity contribution in [3.8, 4) is 16.9 Å². The topological polar surface area (TPSA) is 87.9 Å². The second-order valence-corrected chi connectivity index (χ2v) is 10.9. The summed E-state index contributed by atoms with van der Waals surface area (Å²) in [7, 11) is 5.39. The molecule has 0 bridgehead atoms. The van der Waals surface area contributed by atoms with Gasteiger partial charge in [-0.05, 0) is 79.0 Å². The quantitative estimate of drug-likeness (QED) is 0.347. The van der Waals surface area contributed by atoms with Crippen molar-refractivity contribution in [3.05, 3.63) is 71.5 Å². The Hall–Kier alpha value is -3.65. The number of aliphatic hydroxyl groups excluding tert-OH is 1. The van der Waals surface area contributed by atoms with E-state index in [0.717, 1.165) is 66.5 Å². The van der Waals surface area contributed by atoms with Crippen LogP contribution in [0, 0.1) is 5.92 Å². The van der Waals surface area contributed by atoms with E-state index in [0.29, 0.717) is 31.2 Å². The molecule has 2 amide bonds. The minimum absolute atomic E-state index is 0.0145. The fourth-order valence-corrected chi connectivity index (χ4v) is 5.34. The summed E-state index contributed by atoms with van der Waals surface area (Å²) in [5, 5.41) is 15.0. The van der Waals surface area contributed by atoms with Crippen molar-refractivity contribution in [2.24, 2.45) is 13.0 Å². The number of hydrogen-bond donors (Lipinski definition) is 1. The molecule has 1 aromatic heterocycles. The van der Waals surface area contributed by atoms with Gasteiger partial charge in [-0.2, -0.15) is 5.10 Å². The first kappa shape index (κ1) is 29.3. The normalized spacial score (nSPS) is 14.7. The summed E-state index contributed by atoms with van der Waals surface area (Å²) in [5.74, 6) is 1.18. The van der Waals surface area contributed by atoms with E-state index >= 15 is 0 Å². The molecular weight excluding hydrogens is 504 g/mol. The van der Waals surface area contributed by atoms with Crippen molar-refractivity contribution in [1.29, 1.82) is 0 Å². The fraction of sp³-hybridized carbons (Fsp3) is 0.469. The number of amides is 2. The van der Waals surface area contributed by atoms with Gasteiger partial charge in [0.1, 0.15) is 5.75 Å². The summed E-state index contributed by atoms with van der Waals surface area (Å²) >= 11 is 0. The minimum atomic E-state index is -1.16. The van der Waals surface area contributed by atoms with Crippen molar-refractivity contribution >= 4 is 11.8 Å². The predicted octanol–water partition coefficient (Wildman–Crippen LogP) is 4.87. The van der Waals surface area contributed by atoms with Crippen molar-refractivity contribution in [3.63, 3.8) is 0 Å². The molecule has 1 saturated heterocycles. The van der Waals surface area contributed by atoms with Crippen LogP contribution < -0.4 is 4.74 Å². The molecule has 1 aliphatic rings. The average molecular weight is 547 g/mol. The molecule has 4 rings (SSSR count). The van der Waals surface area contributed by atoms with E-state index in [1.54, 1.807) is 40.8 Å². The van der Waals surface area contributed by atoms with E-state index in [2.05, 4.69) is 5.10 Å². The van der Waals surface area contributed by atoms with Gasteiger partial charge in [0.05, 0.1) is 12.8 Å². The Morgan fingerprint density at radius 1 is 1.10 bits per heavy atom. The van der Waals surface area contributed by atoms with Gasteiger partial charge in [0.2, 0.25) is 0 Å². The van der Waals surface area contributed by atoms with Gasteiger partial charge in [0.25, 0.3) is 11.8 Å². The fourth-order valence-electron chi connectivity index (χ4n) is 5.34. The van der Waals surface area contributed by atoms with Gasteiger partial charge in [-0.25, -0.2) is 0 Å². The van der Waals surface area contributed by atoms with Gasteiger partial charge in [-0.3, -0.25) is 14.3 Å². The maximum Gasteiger partial charge on any atom is 0.256 e. The molecule has 1 fully saturated rings. The highest BCUT2D eigenvalue weighted by Crippen LogP contribution is 2.28. The molecule has 0 aliphatic carbocycles. The number of carbonyl (C=O) groups is 2. The van der Waals surface area contributed by atoms with Crippen LogP contribution in [0.2, 0.25) is 0 Å². The number of likely N-dealkylation sites (tertiary alicyclic amines) is 1. The van der Waals surface area contributed by atoms with E-state index in [1.165, 1.54) is 0 Å². The van der Waals surface area contributed by atoms with Crippen LogP contribution in [0.15, 0.2) is 54.9 Å². The van der Waals surface area contributed by atoms with E-state index in [-0.39, 0.29) is 11.8 Å². The number of aliphatic hydroxyl groups is 1. The molecule has 2 aromatic carbocycles. The number of aryl methyl sites for hydroxylation is 2. The first-order valence-electron chi connectivity index (χ1n) is 14.3. The molecule has 0 radical (unpaired) electrons. The molecule has 40 heavy (non-hydrogen) atoms. The van der Waals surface area contributed by atoms with Gasteiger partial charge in [0, 0.05) is 51.6 Å². The Kier molecular flexibility index (Phi) is 9.98. The molecule has 1 unspecified atom stereocenters. The number of rotatable bonds is 11. The lowest BCUT2D eigenvalue weighted by molar-refractivity contribution is -0.142. The van der Waals surface area contributed by atoms with Crippen LogP contribution in [0.1, 0.15) is 66.6 Å². The van der Waals surface area contributed by atoms with Gasteiger partial charge in [0.15, 0.2) is 6.10 Å². The summed E-state index contributed by atoms with van der Waals surface area (Å²) in [6, 6.07) is 13.2. The second kappa shape index (κ2) is 13.6. The first-order chi connectivity index (χ1) is 19.3. The number of nitrogens with zero attached hydrogens (tertiary/aromatic N) is 4. The zero-order chi connectivity index (χ0) is 28.6. The largest absolute Gasteiger partial charge is 0.494 e. The lowest BCUT2D eigenvalue weighted by atomic mass is 9.91. The van der Waals surface area contributed by atoms with E-state index in [4.69, 9.17) is 4.74 Å². The first-order valence-corrected chi connectivity index (χ1v) is 14.3. The highest BCUT2D eigenvalue weighted by molar-refractivity contribution is 5.95. The third-order valence-corrected chi connectivity index (χ3v) is 7.77. The Morgan fingerprint density at radius 3 is 2.55 bits per heavy atom. The van der Waals surface area contributed by atoms with Gasteiger partial charge in [-0.1, -0.05) is 31.5 Å². The predicted molar refractivity (Wildman–Crippen MR) is 156 cm³/mol. The summed E-state index contributed by atoms with van der Waals surface area (Å²) in [4.78, 5) is 28.8. The number of piperidine rings is 1. The van der Waals surface area contributed by atoms with Gasteiger partial charge < -0.3 is 19.6 Å². The van der Waals surface area contributed by atoms with Gasteiger partial charge in [-0.15, -0.1) is 0 Å². The molecule has 1 N–H and O–H groups in total. The zero-order valence-corrected chi connectivity index (χ0v) is 24.2. The number of aromatic nitrogens is 2. The van der Waals surface area contributed by atoms with E-state index < -0.39 is 6.10 Å². The minimum Gasteiger partial charge on any atom is -0.494 e. The van der Waals surface area contributed by atoms with E-state index in [1.807, 2.05) is 56.6 Å². The molecule has 2 heterocycles. The smallest absolute Gasteiger partial charge is 0.256 e. The number of ether oxygens (including phenoxy) is 1. The van der Waals surface area contributed by atoms with Crippen LogP contribution in [-0.2, 0) is 18.3 Å². The lowest BCUT2D eigenvalue weighted by Gasteiger charge is -2.33. The Morgan fingerprint density at radius 2 is 1.88 bits per heavy atom. The molecule has 214 valence electrons. The number of hydrogen-bond acceptors (Lipinski definition) is 5. The second-order valence-electron chi connectivity index (χ2n) is 10.9. The highest BCUT2D eigenvalue weighted by atomic mass is 16.5. The number of unbranched alkanes of at least 4 members (excludes halogenated alkanes) is 1. The number of carbonyl (C=O) groups excluding carboxylic acids is 2. The van der Waals surface area contributed by atoms with Crippen LogP contribution in [0.5, 0.6) is 5.75 Å². The maximum atomic E-state index is 13.1. The Bertz CT molecular complexity index is 1290. The molecule has 1 aliphatic heterocycles. The molecule has 0 saturated carbocycles. The third kappa shape index (κ3) is 7.30. The molecule has 0 spiro atoms. The third-order valence-electron chi connectivity index (χ3n) is 7.77. The summed E-state index contributed by atoms with van der Waals surface area (Å²) < 4.78 is 7.71. The lowest BCUT2D eigenvalue weighted by Crippen LogP contribution is -2.41. The molecule has 8 nitrogen and oxygen atoms in total. The molecule has 1 atom stereocenters. The monoisotopic (exact) mass is 546 g/mol. The Labute approximate surface area is 237 Å². The zero-order valence-electron chi connectivity index (χ0n) is 24.2. The highest BCUT2D eigenvalue weighted by Gasteiger charge is 2.28. The Balaban J connectivity index is 1.18. The van der Waals surface area contributed by atoms with Crippen LogP contribution in [0.3, 0.4) is 0 Å².